The number of anilines is 1. The minimum absolute atomic E-state index is 0.00727. The third-order valence-corrected chi connectivity index (χ3v) is 8.14. The molecule has 0 radical (unpaired) electrons. The lowest BCUT2D eigenvalue weighted by molar-refractivity contribution is -0.121. The maximum Gasteiger partial charge on any atom is 0.221 e. The van der Waals surface area contributed by atoms with Gasteiger partial charge in [-0.25, -0.2) is 18.4 Å². The highest BCUT2D eigenvalue weighted by molar-refractivity contribution is 7.91. The standard InChI is InChI=1S/C26H33N5O3S/c1-31(21-14-17-35(33,34)19-21)16-13-25(32)28-18-24-29-23-12-6-5-11-22(23)26(30-24)27-15-7-10-20-8-3-2-4-9-20/h2-6,8-9,11-12,21H,7,10,13-19H2,1H3,(H,28,32)(H,27,29,30)/t21-/m0/s1. The first-order valence-electron chi connectivity index (χ1n) is 12.1. The fourth-order valence-electron chi connectivity index (χ4n) is 4.33. The highest BCUT2D eigenvalue weighted by atomic mass is 32.2. The number of aryl methyl sites for hydroxylation is 1. The zero-order chi connectivity index (χ0) is 24.7. The number of benzene rings is 2. The lowest BCUT2D eigenvalue weighted by Crippen LogP contribution is -2.36. The van der Waals surface area contributed by atoms with Crippen LogP contribution in [-0.4, -0.2) is 66.9 Å². The van der Waals surface area contributed by atoms with E-state index in [1.54, 1.807) is 0 Å². The van der Waals surface area contributed by atoms with Crippen LogP contribution in [-0.2, 0) is 27.6 Å². The van der Waals surface area contributed by atoms with E-state index in [-0.39, 0.29) is 30.0 Å². The largest absolute Gasteiger partial charge is 0.369 e. The van der Waals surface area contributed by atoms with Gasteiger partial charge in [-0.15, -0.1) is 0 Å². The fraction of sp³-hybridized carbons (Fsp3) is 0.423. The van der Waals surface area contributed by atoms with Crippen LogP contribution < -0.4 is 10.6 Å². The average molecular weight is 496 g/mol. The molecule has 3 aromatic rings. The van der Waals surface area contributed by atoms with Crippen LogP contribution in [0.5, 0.6) is 0 Å². The Balaban J connectivity index is 1.30. The number of nitrogens with one attached hydrogen (secondary N) is 2. The predicted molar refractivity (Wildman–Crippen MR) is 139 cm³/mol. The summed E-state index contributed by atoms with van der Waals surface area (Å²) in [6, 6.07) is 18.2. The Bertz CT molecular complexity index is 1250. The van der Waals surface area contributed by atoms with E-state index < -0.39 is 9.84 Å². The van der Waals surface area contributed by atoms with Crippen LogP contribution in [0, 0.1) is 0 Å². The molecule has 35 heavy (non-hydrogen) atoms. The second-order valence-corrected chi connectivity index (χ2v) is 11.3. The highest BCUT2D eigenvalue weighted by Gasteiger charge is 2.30. The normalized spacial score (nSPS) is 17.0. The molecular formula is C26H33N5O3S. The minimum Gasteiger partial charge on any atom is -0.369 e. The smallest absolute Gasteiger partial charge is 0.221 e. The van der Waals surface area contributed by atoms with E-state index in [1.807, 2.05) is 42.3 Å². The van der Waals surface area contributed by atoms with Crippen LogP contribution in [0.25, 0.3) is 10.9 Å². The summed E-state index contributed by atoms with van der Waals surface area (Å²) in [6.07, 6.45) is 2.89. The maximum atomic E-state index is 12.4. The number of carbonyl (C=O) groups excluding carboxylic acids is 1. The van der Waals surface area contributed by atoms with Gasteiger partial charge in [0.25, 0.3) is 0 Å². The Kier molecular flexibility index (Phi) is 8.30. The van der Waals surface area contributed by atoms with Crippen molar-refractivity contribution in [3.63, 3.8) is 0 Å². The third kappa shape index (κ3) is 7.22. The summed E-state index contributed by atoms with van der Waals surface area (Å²) in [5, 5.41) is 7.30. The molecule has 2 heterocycles. The predicted octanol–water partition coefficient (Wildman–Crippen LogP) is 2.80. The molecule has 1 saturated heterocycles. The summed E-state index contributed by atoms with van der Waals surface area (Å²) in [5.41, 5.74) is 2.14. The number of rotatable bonds is 11. The Morgan fingerprint density at radius 1 is 1.09 bits per heavy atom. The second-order valence-electron chi connectivity index (χ2n) is 9.09. The third-order valence-electron chi connectivity index (χ3n) is 6.39. The van der Waals surface area contributed by atoms with E-state index >= 15 is 0 Å². The molecule has 0 aliphatic carbocycles. The van der Waals surface area contributed by atoms with Crippen LogP contribution in [0.4, 0.5) is 5.82 Å². The molecular weight excluding hydrogens is 462 g/mol. The fourth-order valence-corrected chi connectivity index (χ4v) is 6.14. The number of fused-ring (bicyclic) bond motifs is 1. The van der Waals surface area contributed by atoms with Crippen molar-refractivity contribution in [2.45, 2.75) is 38.3 Å². The van der Waals surface area contributed by atoms with Crippen molar-refractivity contribution in [3.05, 3.63) is 66.0 Å². The van der Waals surface area contributed by atoms with Gasteiger partial charge < -0.3 is 15.5 Å². The average Bonchev–Trinajstić information content (AvgIpc) is 3.24. The first kappa shape index (κ1) is 25.1. The number of para-hydroxylation sites is 1. The monoisotopic (exact) mass is 495 g/mol. The van der Waals surface area contributed by atoms with Gasteiger partial charge in [0.1, 0.15) is 5.82 Å². The number of sulfone groups is 1. The summed E-state index contributed by atoms with van der Waals surface area (Å²) in [4.78, 5) is 23.7. The van der Waals surface area contributed by atoms with E-state index in [9.17, 15) is 13.2 Å². The van der Waals surface area contributed by atoms with Gasteiger partial charge in [0.2, 0.25) is 5.91 Å². The molecule has 9 heteroatoms. The number of hydrogen-bond acceptors (Lipinski definition) is 7. The minimum atomic E-state index is -2.93. The summed E-state index contributed by atoms with van der Waals surface area (Å²) in [6.45, 7) is 1.54. The number of amides is 1. The molecule has 1 amide bonds. The summed E-state index contributed by atoms with van der Waals surface area (Å²) < 4.78 is 23.4. The van der Waals surface area contributed by atoms with Gasteiger partial charge in [0.15, 0.2) is 15.7 Å². The van der Waals surface area contributed by atoms with Crippen molar-refractivity contribution >= 4 is 32.5 Å². The van der Waals surface area contributed by atoms with E-state index in [2.05, 4.69) is 44.9 Å². The zero-order valence-corrected chi connectivity index (χ0v) is 20.9. The van der Waals surface area contributed by atoms with E-state index in [0.717, 1.165) is 36.1 Å². The SMILES string of the molecule is CN(CCC(=O)NCc1nc(NCCCc2ccccc2)c2ccccc2n1)[C@H]1CCS(=O)(=O)C1. The lowest BCUT2D eigenvalue weighted by atomic mass is 10.1. The van der Waals surface area contributed by atoms with Crippen molar-refractivity contribution < 1.29 is 13.2 Å². The topological polar surface area (TPSA) is 104 Å². The molecule has 4 rings (SSSR count). The molecule has 2 N–H and O–H groups in total. The molecule has 2 aromatic carbocycles. The second kappa shape index (κ2) is 11.6. The number of aromatic nitrogens is 2. The molecule has 1 atom stereocenters. The summed E-state index contributed by atoms with van der Waals surface area (Å²) in [7, 11) is -1.06. The molecule has 0 spiro atoms. The quantitative estimate of drug-likeness (QED) is 0.394. The van der Waals surface area contributed by atoms with Crippen LogP contribution in [0.1, 0.15) is 30.7 Å². The van der Waals surface area contributed by atoms with Gasteiger partial charge >= 0.3 is 0 Å². The molecule has 0 saturated carbocycles. The van der Waals surface area contributed by atoms with Gasteiger partial charge in [-0.1, -0.05) is 42.5 Å². The van der Waals surface area contributed by atoms with Crippen molar-refractivity contribution in [2.24, 2.45) is 0 Å². The molecule has 1 aliphatic rings. The highest BCUT2D eigenvalue weighted by Crippen LogP contribution is 2.20. The molecule has 8 nitrogen and oxygen atoms in total. The molecule has 0 bridgehead atoms. The molecule has 0 unspecified atom stereocenters. The zero-order valence-electron chi connectivity index (χ0n) is 20.1. The van der Waals surface area contributed by atoms with E-state index in [0.29, 0.717) is 25.2 Å². The number of carbonyl (C=O) groups is 1. The van der Waals surface area contributed by atoms with E-state index in [4.69, 9.17) is 0 Å². The Morgan fingerprint density at radius 2 is 1.86 bits per heavy atom. The van der Waals surface area contributed by atoms with Gasteiger partial charge in [-0.2, -0.15) is 0 Å². The van der Waals surface area contributed by atoms with Gasteiger partial charge in [-0.3, -0.25) is 4.79 Å². The van der Waals surface area contributed by atoms with Crippen LogP contribution in [0.2, 0.25) is 0 Å². The lowest BCUT2D eigenvalue weighted by Gasteiger charge is -2.22. The first-order valence-corrected chi connectivity index (χ1v) is 13.9. The summed E-state index contributed by atoms with van der Waals surface area (Å²) in [5.74, 6) is 1.63. The Morgan fingerprint density at radius 3 is 2.63 bits per heavy atom. The van der Waals surface area contributed by atoms with Crippen molar-refractivity contribution in [1.82, 2.24) is 20.2 Å². The Labute approximate surface area is 207 Å². The van der Waals surface area contributed by atoms with Crippen LogP contribution in [0.3, 0.4) is 0 Å². The maximum absolute atomic E-state index is 12.4. The van der Waals surface area contributed by atoms with Gasteiger partial charge in [0.05, 0.1) is 23.6 Å². The Hall–Kier alpha value is -3.04. The van der Waals surface area contributed by atoms with Gasteiger partial charge in [0, 0.05) is 30.9 Å². The van der Waals surface area contributed by atoms with Crippen molar-refractivity contribution in [2.75, 3.05) is 37.0 Å². The number of hydrogen-bond donors (Lipinski definition) is 2. The summed E-state index contributed by atoms with van der Waals surface area (Å²) >= 11 is 0. The first-order chi connectivity index (χ1) is 16.9. The van der Waals surface area contributed by atoms with Crippen LogP contribution in [0.15, 0.2) is 54.6 Å². The molecule has 1 aliphatic heterocycles. The molecule has 1 aromatic heterocycles. The van der Waals surface area contributed by atoms with Crippen molar-refractivity contribution in [3.8, 4) is 0 Å². The van der Waals surface area contributed by atoms with Gasteiger partial charge in [-0.05, 0) is 44.0 Å². The molecule has 1 fully saturated rings. The molecule has 186 valence electrons. The number of nitrogens with zero attached hydrogens (tertiary/aromatic N) is 3. The van der Waals surface area contributed by atoms with Crippen molar-refractivity contribution in [1.29, 1.82) is 0 Å². The van der Waals surface area contributed by atoms with Crippen LogP contribution >= 0.6 is 0 Å². The van der Waals surface area contributed by atoms with E-state index in [1.165, 1.54) is 5.56 Å².